The summed E-state index contributed by atoms with van der Waals surface area (Å²) in [5.41, 5.74) is 0. The number of allylic oxidation sites excluding steroid dienone is 6. The molecular weight excluding hydrogens is 671 g/mol. The second-order valence-electron chi connectivity index (χ2n) is 16.1. The Labute approximate surface area is 335 Å². The molecule has 6 heteroatoms. The van der Waals surface area contributed by atoms with Crippen LogP contribution in [0.5, 0.6) is 0 Å². The summed E-state index contributed by atoms with van der Waals surface area (Å²) in [4.78, 5) is 12.5. The van der Waals surface area contributed by atoms with E-state index in [1.807, 2.05) is 6.92 Å². The van der Waals surface area contributed by atoms with E-state index in [9.17, 15) is 25.2 Å². The van der Waals surface area contributed by atoms with Crippen molar-refractivity contribution in [3.05, 3.63) is 36.5 Å². The summed E-state index contributed by atoms with van der Waals surface area (Å²) in [6.45, 7) is 3.83. The first-order valence-corrected chi connectivity index (χ1v) is 23.3. The van der Waals surface area contributed by atoms with Gasteiger partial charge in [0, 0.05) is 0 Å². The number of hydrogen-bond acceptors (Lipinski definition) is 5. The van der Waals surface area contributed by atoms with E-state index in [0.29, 0.717) is 19.3 Å². The van der Waals surface area contributed by atoms with E-state index in [0.717, 1.165) is 51.4 Å². The lowest BCUT2D eigenvalue weighted by atomic mass is 10.00. The lowest BCUT2D eigenvalue weighted by Gasteiger charge is -2.27. The fourth-order valence-electron chi connectivity index (χ4n) is 7.21. The van der Waals surface area contributed by atoms with Crippen LogP contribution in [0.25, 0.3) is 0 Å². The van der Waals surface area contributed by atoms with E-state index in [-0.39, 0.29) is 0 Å². The number of unbranched alkanes of at least 4 members (excludes halogenated alkanes) is 28. The highest BCUT2D eigenvalue weighted by atomic mass is 16.3. The molecule has 0 aliphatic rings. The Hall–Kier alpha value is -1.47. The van der Waals surface area contributed by atoms with Crippen molar-refractivity contribution in [1.82, 2.24) is 5.32 Å². The lowest BCUT2D eigenvalue weighted by Crippen LogP contribution is -2.53. The van der Waals surface area contributed by atoms with Crippen molar-refractivity contribution in [2.45, 2.75) is 257 Å². The molecule has 54 heavy (non-hydrogen) atoms. The summed E-state index contributed by atoms with van der Waals surface area (Å²) in [5, 5.41) is 43.6. The van der Waals surface area contributed by atoms with Crippen LogP contribution in [0.15, 0.2) is 36.5 Å². The highest BCUT2D eigenvalue weighted by Crippen LogP contribution is 2.17. The zero-order valence-electron chi connectivity index (χ0n) is 35.7. The maximum atomic E-state index is 12.5. The molecule has 0 spiro atoms. The minimum absolute atomic E-state index is 0.361. The van der Waals surface area contributed by atoms with Gasteiger partial charge in [0.05, 0.1) is 18.8 Å². The van der Waals surface area contributed by atoms with Gasteiger partial charge >= 0.3 is 0 Å². The first kappa shape index (κ1) is 52.5. The van der Waals surface area contributed by atoms with Crippen LogP contribution in [-0.2, 0) is 4.79 Å². The van der Waals surface area contributed by atoms with Gasteiger partial charge in [-0.25, -0.2) is 0 Å². The number of carbonyl (C=O) groups is 1. The van der Waals surface area contributed by atoms with Gasteiger partial charge in [-0.05, 0) is 58.3 Å². The van der Waals surface area contributed by atoms with Crippen molar-refractivity contribution in [2.24, 2.45) is 0 Å². The third kappa shape index (κ3) is 36.2. The molecule has 5 N–H and O–H groups in total. The Kier molecular flexibility index (Phi) is 41.5. The second-order valence-corrected chi connectivity index (χ2v) is 16.1. The minimum atomic E-state index is -1.29. The summed E-state index contributed by atoms with van der Waals surface area (Å²) >= 11 is 0. The van der Waals surface area contributed by atoms with Crippen LogP contribution >= 0.6 is 0 Å². The van der Waals surface area contributed by atoms with Gasteiger partial charge < -0.3 is 25.7 Å². The number of hydrogen-bond donors (Lipinski definition) is 5. The monoisotopic (exact) mass is 762 g/mol. The van der Waals surface area contributed by atoms with Crippen LogP contribution in [-0.4, -0.2) is 57.3 Å². The fourth-order valence-corrected chi connectivity index (χ4v) is 7.21. The summed E-state index contributed by atoms with van der Waals surface area (Å²) in [5.74, 6) is -0.598. The molecular formula is C48H91NO5. The molecule has 1 amide bonds. The topological polar surface area (TPSA) is 110 Å². The van der Waals surface area contributed by atoms with E-state index in [1.54, 1.807) is 0 Å². The number of amides is 1. The molecule has 0 radical (unpaired) electrons. The Bertz CT molecular complexity index is 858. The van der Waals surface area contributed by atoms with Crippen molar-refractivity contribution in [3.63, 3.8) is 0 Å². The molecule has 4 atom stereocenters. The van der Waals surface area contributed by atoms with Crippen LogP contribution in [0, 0.1) is 0 Å². The molecule has 0 saturated carbocycles. The second kappa shape index (κ2) is 42.7. The molecule has 0 aromatic carbocycles. The Balaban J connectivity index is 3.64. The van der Waals surface area contributed by atoms with Crippen LogP contribution in [0.4, 0.5) is 0 Å². The van der Waals surface area contributed by atoms with Crippen LogP contribution in [0.1, 0.15) is 232 Å². The Morgan fingerprint density at radius 1 is 0.481 bits per heavy atom. The van der Waals surface area contributed by atoms with E-state index < -0.39 is 36.9 Å². The highest BCUT2D eigenvalue weighted by molar-refractivity contribution is 5.80. The molecule has 0 heterocycles. The number of carbonyl (C=O) groups excluding carboxylic acids is 1. The maximum Gasteiger partial charge on any atom is 0.249 e. The molecule has 0 aromatic heterocycles. The zero-order valence-corrected chi connectivity index (χ0v) is 35.7. The number of aliphatic hydroxyl groups excluding tert-OH is 4. The summed E-state index contributed by atoms with van der Waals surface area (Å²) in [6, 6.07) is -1.01. The predicted octanol–water partition coefficient (Wildman–Crippen LogP) is 12.5. The number of rotatable bonds is 42. The summed E-state index contributed by atoms with van der Waals surface area (Å²) in [7, 11) is 0. The Morgan fingerprint density at radius 2 is 0.833 bits per heavy atom. The van der Waals surface area contributed by atoms with Crippen molar-refractivity contribution in [1.29, 1.82) is 0 Å². The van der Waals surface area contributed by atoms with Crippen LogP contribution in [0.2, 0.25) is 0 Å². The van der Waals surface area contributed by atoms with Gasteiger partial charge in [-0.2, -0.15) is 0 Å². The Morgan fingerprint density at radius 3 is 1.20 bits per heavy atom. The number of aliphatic hydroxyl groups is 4. The fraction of sp³-hybridized carbons (Fsp3) is 0.854. The molecule has 4 unspecified atom stereocenters. The average Bonchev–Trinajstić information content (AvgIpc) is 3.18. The molecule has 0 fully saturated rings. The predicted molar refractivity (Wildman–Crippen MR) is 233 cm³/mol. The third-order valence-corrected chi connectivity index (χ3v) is 10.9. The SMILES string of the molecule is C/C=C/CC/C=C/CC/C=C/CCCC(O)C(O)C(CO)NC(=O)C(O)CCCCCCCCCCCCCCCCCCCCCCCCCCCC. The quantitative estimate of drug-likeness (QED) is 0.0314. The molecule has 6 nitrogen and oxygen atoms in total. The zero-order chi connectivity index (χ0) is 39.6. The molecule has 0 rings (SSSR count). The lowest BCUT2D eigenvalue weighted by molar-refractivity contribution is -0.132. The smallest absolute Gasteiger partial charge is 0.249 e. The van der Waals surface area contributed by atoms with E-state index in [2.05, 4.69) is 48.7 Å². The van der Waals surface area contributed by atoms with Gasteiger partial charge in [0.2, 0.25) is 5.91 Å². The van der Waals surface area contributed by atoms with Gasteiger partial charge in [-0.15, -0.1) is 0 Å². The van der Waals surface area contributed by atoms with Crippen molar-refractivity contribution >= 4 is 5.91 Å². The van der Waals surface area contributed by atoms with Crippen molar-refractivity contribution in [3.8, 4) is 0 Å². The van der Waals surface area contributed by atoms with E-state index in [1.165, 1.54) is 148 Å². The van der Waals surface area contributed by atoms with Gasteiger partial charge in [0.15, 0.2) is 0 Å². The maximum absolute atomic E-state index is 12.5. The van der Waals surface area contributed by atoms with E-state index >= 15 is 0 Å². The van der Waals surface area contributed by atoms with Crippen molar-refractivity contribution in [2.75, 3.05) is 6.61 Å². The first-order valence-electron chi connectivity index (χ1n) is 23.3. The average molecular weight is 762 g/mol. The molecule has 0 saturated heterocycles. The van der Waals surface area contributed by atoms with E-state index in [4.69, 9.17) is 0 Å². The number of nitrogens with one attached hydrogen (secondary N) is 1. The molecule has 0 bridgehead atoms. The highest BCUT2D eigenvalue weighted by Gasteiger charge is 2.28. The summed E-state index contributed by atoms with van der Waals surface area (Å²) < 4.78 is 0. The van der Waals surface area contributed by atoms with Crippen LogP contribution in [0.3, 0.4) is 0 Å². The van der Waals surface area contributed by atoms with Gasteiger partial charge in [-0.1, -0.05) is 210 Å². The standard InChI is InChI=1S/C48H91NO5/c1-3-5-7-9-11-13-15-17-18-19-20-21-22-23-24-25-26-27-28-29-30-32-34-36-38-40-42-46(52)48(54)49-44(43-50)47(53)45(51)41-39-37-35-33-31-16-14-12-10-8-6-4-2/h4,6,12,14,33,35,44-47,50-53H,3,5,7-11,13,15-32,34,36-43H2,1-2H3,(H,49,54)/b6-4+,14-12+,35-33+. The largest absolute Gasteiger partial charge is 0.394 e. The normalized spacial score (nSPS) is 14.4. The van der Waals surface area contributed by atoms with Gasteiger partial charge in [0.1, 0.15) is 12.2 Å². The first-order chi connectivity index (χ1) is 26.5. The molecule has 0 aliphatic carbocycles. The third-order valence-electron chi connectivity index (χ3n) is 10.9. The molecule has 0 aromatic rings. The molecule has 318 valence electrons. The van der Waals surface area contributed by atoms with Crippen LogP contribution < -0.4 is 5.32 Å². The van der Waals surface area contributed by atoms with Gasteiger partial charge in [0.25, 0.3) is 0 Å². The molecule has 0 aliphatic heterocycles. The van der Waals surface area contributed by atoms with Crippen molar-refractivity contribution < 1.29 is 25.2 Å². The minimum Gasteiger partial charge on any atom is -0.394 e. The van der Waals surface area contributed by atoms with Gasteiger partial charge in [-0.3, -0.25) is 4.79 Å². The summed E-state index contributed by atoms with van der Waals surface area (Å²) in [6.07, 6.45) is 50.7.